The average Bonchev–Trinajstić information content (AvgIpc) is 2.45. The molecular weight excluding hydrogens is 262 g/mol. The zero-order valence-electron chi connectivity index (χ0n) is 10.0. The Morgan fingerprint density at radius 1 is 1.26 bits per heavy atom. The molecule has 0 spiro atoms. The number of benzene rings is 1. The minimum Gasteiger partial charge on any atom is -0.506 e. The van der Waals surface area contributed by atoms with E-state index in [-0.39, 0.29) is 5.75 Å². The van der Waals surface area contributed by atoms with Gasteiger partial charge < -0.3 is 10.4 Å². The number of nitrogens with one attached hydrogen (secondary N) is 1. The van der Waals surface area contributed by atoms with Crippen LogP contribution in [0.2, 0.25) is 0 Å². The number of thiol groups is 1. The summed E-state index contributed by atoms with van der Waals surface area (Å²) < 4.78 is 1.07. The highest BCUT2D eigenvalue weighted by Gasteiger charge is 2.14. The molecule has 5 nitrogen and oxygen atoms in total. The van der Waals surface area contributed by atoms with Crippen LogP contribution in [0.3, 0.4) is 0 Å². The molecule has 0 radical (unpaired) electrons. The van der Waals surface area contributed by atoms with Crippen molar-refractivity contribution in [2.75, 3.05) is 4.31 Å². The molecule has 2 rings (SSSR count). The summed E-state index contributed by atoms with van der Waals surface area (Å²) in [6, 6.07) is 9.70. The molecule has 0 saturated heterocycles. The van der Waals surface area contributed by atoms with E-state index in [4.69, 9.17) is 0 Å². The topological polar surface area (TPSA) is 65.5 Å². The number of nitrogens with zero attached hydrogens (tertiary/aromatic N) is 2. The smallest absolute Gasteiger partial charge is 0.332 e. The van der Waals surface area contributed by atoms with E-state index in [0.29, 0.717) is 12.2 Å². The number of phenolic OH excluding ortho intramolecular Hbond substituents is 1. The van der Waals surface area contributed by atoms with Crippen LogP contribution in [0.25, 0.3) is 0 Å². The molecule has 1 heterocycles. The highest BCUT2D eigenvalue weighted by atomic mass is 32.1. The van der Waals surface area contributed by atoms with Crippen molar-refractivity contribution in [2.45, 2.75) is 6.54 Å². The van der Waals surface area contributed by atoms with Crippen molar-refractivity contribution in [1.82, 2.24) is 10.3 Å². The summed E-state index contributed by atoms with van der Waals surface area (Å²) in [5, 5.41) is 12.3. The summed E-state index contributed by atoms with van der Waals surface area (Å²) in [7, 11) is 0. The van der Waals surface area contributed by atoms with Gasteiger partial charge in [0.1, 0.15) is 5.75 Å². The fourth-order valence-electron chi connectivity index (χ4n) is 1.51. The monoisotopic (exact) mass is 275 g/mol. The molecule has 0 aliphatic carbocycles. The lowest BCUT2D eigenvalue weighted by molar-refractivity contribution is 0.249. The van der Waals surface area contributed by atoms with Crippen molar-refractivity contribution in [3.05, 3.63) is 54.4 Å². The number of carbonyl (C=O) groups excluding carboxylic acids is 1. The molecule has 0 saturated carbocycles. The Morgan fingerprint density at radius 3 is 2.63 bits per heavy atom. The van der Waals surface area contributed by atoms with E-state index < -0.39 is 6.03 Å². The van der Waals surface area contributed by atoms with Gasteiger partial charge in [-0.15, -0.1) is 0 Å². The fraction of sp³-hybridized carbons (Fsp3) is 0.0769. The number of rotatable bonds is 3. The van der Waals surface area contributed by atoms with Crippen LogP contribution in [0.4, 0.5) is 10.5 Å². The third-order valence-corrected chi connectivity index (χ3v) is 2.89. The van der Waals surface area contributed by atoms with Gasteiger partial charge in [0, 0.05) is 18.9 Å². The number of anilines is 1. The lowest BCUT2D eigenvalue weighted by Gasteiger charge is -2.17. The highest BCUT2D eigenvalue weighted by molar-refractivity contribution is 7.82. The zero-order valence-corrected chi connectivity index (χ0v) is 10.9. The van der Waals surface area contributed by atoms with Crippen molar-refractivity contribution < 1.29 is 9.90 Å². The van der Waals surface area contributed by atoms with Crippen LogP contribution in [0.1, 0.15) is 5.56 Å². The summed E-state index contributed by atoms with van der Waals surface area (Å²) in [5.74, 6) is -0.00318. The second-order valence-electron chi connectivity index (χ2n) is 3.81. The number of hydrogen-bond acceptors (Lipinski definition) is 4. The van der Waals surface area contributed by atoms with Gasteiger partial charge in [-0.05, 0) is 29.8 Å². The molecule has 6 heteroatoms. The largest absolute Gasteiger partial charge is 0.506 e. The first-order valence-electron chi connectivity index (χ1n) is 5.62. The van der Waals surface area contributed by atoms with Gasteiger partial charge in [0.25, 0.3) is 0 Å². The van der Waals surface area contributed by atoms with Crippen LogP contribution in [0.15, 0.2) is 48.8 Å². The lowest BCUT2D eigenvalue weighted by Crippen LogP contribution is -2.33. The van der Waals surface area contributed by atoms with Crippen molar-refractivity contribution in [2.24, 2.45) is 0 Å². The summed E-state index contributed by atoms with van der Waals surface area (Å²) in [6.45, 7) is 0.367. The van der Waals surface area contributed by atoms with Gasteiger partial charge in [0.05, 0.1) is 5.69 Å². The number of para-hydroxylation sites is 2. The van der Waals surface area contributed by atoms with Crippen molar-refractivity contribution in [1.29, 1.82) is 0 Å². The normalized spacial score (nSPS) is 9.95. The first kappa shape index (κ1) is 13.2. The number of aromatic nitrogens is 1. The third-order valence-electron chi connectivity index (χ3n) is 2.50. The Kier molecular flexibility index (Phi) is 4.25. The predicted molar refractivity (Wildman–Crippen MR) is 76.0 cm³/mol. The Labute approximate surface area is 116 Å². The Balaban J connectivity index is 1.99. The number of phenols is 1. The van der Waals surface area contributed by atoms with Gasteiger partial charge in [-0.3, -0.25) is 4.98 Å². The molecule has 19 heavy (non-hydrogen) atoms. The van der Waals surface area contributed by atoms with E-state index in [1.807, 2.05) is 12.1 Å². The molecule has 2 aromatic rings. The number of carbonyl (C=O) groups is 1. The van der Waals surface area contributed by atoms with Gasteiger partial charge in [-0.2, -0.15) is 0 Å². The molecular formula is C13H13N3O2S. The molecule has 0 fully saturated rings. The van der Waals surface area contributed by atoms with Crippen LogP contribution >= 0.6 is 12.8 Å². The molecule has 2 N–H and O–H groups in total. The second kappa shape index (κ2) is 6.10. The van der Waals surface area contributed by atoms with Crippen LogP contribution in [0.5, 0.6) is 5.75 Å². The number of pyridine rings is 1. The van der Waals surface area contributed by atoms with E-state index in [0.717, 1.165) is 9.87 Å². The molecule has 0 bridgehead atoms. The van der Waals surface area contributed by atoms with Crippen molar-refractivity contribution >= 4 is 24.5 Å². The first-order valence-corrected chi connectivity index (χ1v) is 6.02. The van der Waals surface area contributed by atoms with E-state index in [2.05, 4.69) is 23.1 Å². The van der Waals surface area contributed by atoms with E-state index >= 15 is 0 Å². The molecule has 0 aliphatic rings. The number of urea groups is 1. The molecule has 0 aliphatic heterocycles. The maximum absolute atomic E-state index is 11.9. The van der Waals surface area contributed by atoms with Gasteiger partial charge in [0.15, 0.2) is 0 Å². The number of hydrogen-bond donors (Lipinski definition) is 3. The Morgan fingerprint density at radius 2 is 1.95 bits per heavy atom. The van der Waals surface area contributed by atoms with Crippen LogP contribution in [-0.2, 0) is 6.54 Å². The van der Waals surface area contributed by atoms with E-state index in [1.165, 1.54) is 6.07 Å². The zero-order chi connectivity index (χ0) is 13.7. The third kappa shape index (κ3) is 3.38. The molecule has 0 unspecified atom stereocenters. The van der Waals surface area contributed by atoms with Gasteiger partial charge in [-0.1, -0.05) is 24.9 Å². The SMILES string of the molecule is O=C(NCc1ccncc1)N(S)c1ccccc1O. The van der Waals surface area contributed by atoms with Crippen molar-refractivity contribution in [3.63, 3.8) is 0 Å². The standard InChI is InChI=1S/C13H13N3O2S/c17-12-4-2-1-3-11(12)16(19)13(18)15-9-10-5-7-14-8-6-10/h1-8,17,19H,9H2,(H,15,18). The molecule has 98 valence electrons. The highest BCUT2D eigenvalue weighted by Crippen LogP contribution is 2.27. The minimum atomic E-state index is -0.415. The second-order valence-corrected chi connectivity index (χ2v) is 4.21. The van der Waals surface area contributed by atoms with Gasteiger partial charge in [0.2, 0.25) is 0 Å². The number of amides is 2. The minimum absolute atomic E-state index is 0.00318. The first-order chi connectivity index (χ1) is 9.18. The maximum atomic E-state index is 11.9. The lowest BCUT2D eigenvalue weighted by atomic mass is 10.3. The van der Waals surface area contributed by atoms with Crippen LogP contribution < -0.4 is 9.62 Å². The van der Waals surface area contributed by atoms with E-state index in [9.17, 15) is 9.90 Å². The Bertz CT molecular complexity index is 563. The van der Waals surface area contributed by atoms with Crippen molar-refractivity contribution in [3.8, 4) is 5.75 Å². The quantitative estimate of drug-likeness (QED) is 0.753. The van der Waals surface area contributed by atoms with Gasteiger partial charge in [-0.25, -0.2) is 9.10 Å². The molecule has 2 amide bonds. The average molecular weight is 275 g/mol. The molecule has 0 atom stereocenters. The van der Waals surface area contributed by atoms with Gasteiger partial charge >= 0.3 is 6.03 Å². The summed E-state index contributed by atoms with van der Waals surface area (Å²) >= 11 is 4.08. The Hall–Kier alpha value is -2.21. The molecule has 1 aromatic heterocycles. The summed E-state index contributed by atoms with van der Waals surface area (Å²) in [6.07, 6.45) is 3.31. The van der Waals surface area contributed by atoms with Crippen LogP contribution in [-0.4, -0.2) is 16.1 Å². The predicted octanol–water partition coefficient (Wildman–Crippen LogP) is 2.35. The van der Waals surface area contributed by atoms with E-state index in [1.54, 1.807) is 30.6 Å². The fourth-order valence-corrected chi connectivity index (χ4v) is 1.75. The maximum Gasteiger partial charge on any atom is 0.332 e. The van der Waals surface area contributed by atoms with Crippen LogP contribution in [0, 0.1) is 0 Å². The summed E-state index contributed by atoms with van der Waals surface area (Å²) in [4.78, 5) is 15.8. The summed E-state index contributed by atoms with van der Waals surface area (Å²) in [5.41, 5.74) is 1.26. The number of aromatic hydroxyl groups is 1. The molecule has 1 aromatic carbocycles.